The summed E-state index contributed by atoms with van der Waals surface area (Å²) in [6, 6.07) is 4.95. The molecule has 0 aliphatic carbocycles. The van der Waals surface area contributed by atoms with E-state index in [0.717, 1.165) is 22.5 Å². The van der Waals surface area contributed by atoms with Crippen molar-refractivity contribution in [2.45, 2.75) is 33.4 Å². The highest BCUT2D eigenvalue weighted by molar-refractivity contribution is 6.32. The van der Waals surface area contributed by atoms with E-state index in [4.69, 9.17) is 11.6 Å². The van der Waals surface area contributed by atoms with E-state index in [1.807, 2.05) is 25.6 Å². The lowest BCUT2D eigenvalue weighted by Gasteiger charge is -2.15. The Balaban J connectivity index is 2.13. The Bertz CT molecular complexity index is 712. The van der Waals surface area contributed by atoms with Crippen molar-refractivity contribution in [3.63, 3.8) is 0 Å². The van der Waals surface area contributed by atoms with E-state index in [0.29, 0.717) is 6.54 Å². The number of hydrogen-bond acceptors (Lipinski definition) is 4. The molecule has 2 rings (SSSR count). The third kappa shape index (κ3) is 3.28. The first kappa shape index (κ1) is 16.5. The highest BCUT2D eigenvalue weighted by Crippen LogP contribution is 2.26. The van der Waals surface area contributed by atoms with Gasteiger partial charge in [-0.15, -0.1) is 0 Å². The highest BCUT2D eigenvalue weighted by atomic mass is 35.5. The summed E-state index contributed by atoms with van der Waals surface area (Å²) in [6.45, 7) is 6.59. The molecule has 0 radical (unpaired) electrons. The van der Waals surface area contributed by atoms with Crippen molar-refractivity contribution in [1.82, 2.24) is 15.1 Å². The van der Waals surface area contributed by atoms with Gasteiger partial charge in [-0.3, -0.25) is 14.8 Å². The molecule has 1 heterocycles. The molecule has 1 atom stereocenters. The zero-order chi connectivity index (χ0) is 16.4. The van der Waals surface area contributed by atoms with Crippen LogP contribution in [0.2, 0.25) is 5.02 Å². The first-order valence-electron chi connectivity index (χ1n) is 6.97. The number of aromatic nitrogens is 2. The van der Waals surface area contributed by atoms with Crippen LogP contribution in [-0.2, 0) is 13.6 Å². The predicted octanol–water partition coefficient (Wildman–Crippen LogP) is 3.45. The molecule has 118 valence electrons. The van der Waals surface area contributed by atoms with Crippen molar-refractivity contribution in [2.75, 3.05) is 0 Å². The van der Waals surface area contributed by atoms with E-state index >= 15 is 0 Å². The second-order valence-corrected chi connectivity index (χ2v) is 5.76. The van der Waals surface area contributed by atoms with E-state index in [1.165, 1.54) is 6.07 Å². The number of hydrogen-bond donors (Lipinski definition) is 1. The molecule has 0 saturated carbocycles. The average Bonchev–Trinajstić information content (AvgIpc) is 2.70. The second-order valence-electron chi connectivity index (χ2n) is 5.35. The summed E-state index contributed by atoms with van der Waals surface area (Å²) >= 11 is 5.82. The van der Waals surface area contributed by atoms with E-state index in [-0.39, 0.29) is 16.8 Å². The molecule has 0 fully saturated rings. The number of nitro groups is 1. The maximum atomic E-state index is 10.9. The van der Waals surface area contributed by atoms with Gasteiger partial charge in [0.15, 0.2) is 0 Å². The minimum absolute atomic E-state index is 0.0673. The zero-order valence-corrected chi connectivity index (χ0v) is 13.8. The number of benzene rings is 1. The van der Waals surface area contributed by atoms with Crippen LogP contribution in [0, 0.1) is 24.0 Å². The third-order valence-electron chi connectivity index (χ3n) is 3.82. The minimum Gasteiger partial charge on any atom is -0.306 e. The van der Waals surface area contributed by atoms with Crippen LogP contribution in [-0.4, -0.2) is 14.7 Å². The molecule has 1 N–H and O–H groups in total. The van der Waals surface area contributed by atoms with Gasteiger partial charge in [0.25, 0.3) is 5.69 Å². The van der Waals surface area contributed by atoms with Crippen LogP contribution in [0.5, 0.6) is 0 Å². The number of nitrogens with zero attached hydrogens (tertiary/aromatic N) is 3. The first-order chi connectivity index (χ1) is 10.3. The standard InChI is InChI=1S/C15H19ClN4O2/c1-9(15-10(2)18-19(4)11(15)3)17-8-12-5-6-13(16)14(7-12)20(21)22/h5-7,9,17H,8H2,1-4H3. The molecule has 0 aliphatic heterocycles. The van der Waals surface area contributed by atoms with Crippen molar-refractivity contribution < 1.29 is 4.92 Å². The van der Waals surface area contributed by atoms with Gasteiger partial charge < -0.3 is 5.32 Å². The Morgan fingerprint density at radius 1 is 1.45 bits per heavy atom. The number of nitro benzene ring substituents is 1. The monoisotopic (exact) mass is 322 g/mol. The maximum absolute atomic E-state index is 10.9. The molecule has 0 aliphatic rings. The van der Waals surface area contributed by atoms with Gasteiger partial charge in [-0.2, -0.15) is 5.10 Å². The fraction of sp³-hybridized carbons (Fsp3) is 0.400. The minimum atomic E-state index is -0.468. The summed E-state index contributed by atoms with van der Waals surface area (Å²) in [5.41, 5.74) is 4.01. The van der Waals surface area contributed by atoms with Gasteiger partial charge in [0.2, 0.25) is 0 Å². The number of aryl methyl sites for hydroxylation is 2. The van der Waals surface area contributed by atoms with Crippen LogP contribution in [0.3, 0.4) is 0 Å². The molecule has 1 aromatic carbocycles. The van der Waals surface area contributed by atoms with Gasteiger partial charge in [-0.05, 0) is 32.4 Å². The Hall–Kier alpha value is -1.92. The Morgan fingerprint density at radius 3 is 2.68 bits per heavy atom. The average molecular weight is 323 g/mol. The number of rotatable bonds is 5. The van der Waals surface area contributed by atoms with Crippen molar-refractivity contribution in [3.8, 4) is 0 Å². The lowest BCUT2D eigenvalue weighted by molar-refractivity contribution is -0.384. The van der Waals surface area contributed by atoms with E-state index in [1.54, 1.807) is 12.1 Å². The number of halogens is 1. The first-order valence-corrected chi connectivity index (χ1v) is 7.35. The summed E-state index contributed by atoms with van der Waals surface area (Å²) < 4.78 is 1.86. The third-order valence-corrected chi connectivity index (χ3v) is 4.14. The lowest BCUT2D eigenvalue weighted by Crippen LogP contribution is -2.19. The fourth-order valence-corrected chi connectivity index (χ4v) is 2.78. The Morgan fingerprint density at radius 2 is 2.14 bits per heavy atom. The SMILES string of the molecule is Cc1nn(C)c(C)c1C(C)NCc1ccc(Cl)c([N+](=O)[O-])c1. The van der Waals surface area contributed by atoms with Crippen molar-refractivity contribution in [1.29, 1.82) is 0 Å². The van der Waals surface area contributed by atoms with Crippen LogP contribution >= 0.6 is 11.6 Å². The molecule has 2 aromatic rings. The van der Waals surface area contributed by atoms with Gasteiger partial charge >= 0.3 is 0 Å². The molecule has 0 bridgehead atoms. The van der Waals surface area contributed by atoms with Crippen LogP contribution < -0.4 is 5.32 Å². The largest absolute Gasteiger partial charge is 0.306 e. The number of nitrogens with one attached hydrogen (secondary N) is 1. The summed E-state index contributed by atoms with van der Waals surface area (Å²) in [4.78, 5) is 10.4. The van der Waals surface area contributed by atoms with Crippen molar-refractivity contribution in [2.24, 2.45) is 7.05 Å². The van der Waals surface area contributed by atoms with Gasteiger partial charge in [0.05, 0.1) is 10.6 Å². The Kier molecular flexibility index (Phi) is 4.83. The molecule has 7 heteroatoms. The lowest BCUT2D eigenvalue weighted by atomic mass is 10.1. The normalized spacial score (nSPS) is 12.4. The molecule has 0 saturated heterocycles. The second kappa shape index (κ2) is 6.46. The molecular formula is C15H19ClN4O2. The summed E-state index contributed by atoms with van der Waals surface area (Å²) in [5, 5.41) is 18.9. The van der Waals surface area contributed by atoms with Gasteiger partial charge in [0.1, 0.15) is 5.02 Å². The summed E-state index contributed by atoms with van der Waals surface area (Å²) in [6.07, 6.45) is 0. The van der Waals surface area contributed by atoms with E-state index < -0.39 is 4.92 Å². The molecule has 0 spiro atoms. The molecule has 1 aromatic heterocycles. The quantitative estimate of drug-likeness (QED) is 0.676. The van der Waals surface area contributed by atoms with E-state index in [9.17, 15) is 10.1 Å². The predicted molar refractivity (Wildman–Crippen MR) is 86.0 cm³/mol. The fourth-order valence-electron chi connectivity index (χ4n) is 2.60. The van der Waals surface area contributed by atoms with Crippen molar-refractivity contribution >= 4 is 17.3 Å². The smallest absolute Gasteiger partial charge is 0.288 e. The topological polar surface area (TPSA) is 73.0 Å². The Labute approximate surface area is 134 Å². The van der Waals surface area contributed by atoms with Crippen LogP contribution in [0.15, 0.2) is 18.2 Å². The summed E-state index contributed by atoms with van der Waals surface area (Å²) in [7, 11) is 1.92. The van der Waals surface area contributed by atoms with E-state index in [2.05, 4.69) is 17.3 Å². The zero-order valence-electron chi connectivity index (χ0n) is 13.1. The van der Waals surface area contributed by atoms with Crippen molar-refractivity contribution in [3.05, 3.63) is 55.9 Å². The van der Waals surface area contributed by atoms with Crippen LogP contribution in [0.25, 0.3) is 0 Å². The summed E-state index contributed by atoms with van der Waals surface area (Å²) in [5.74, 6) is 0. The van der Waals surface area contributed by atoms with Crippen LogP contribution in [0.4, 0.5) is 5.69 Å². The molecule has 6 nitrogen and oxygen atoms in total. The van der Waals surface area contributed by atoms with Crippen LogP contribution in [0.1, 0.15) is 35.5 Å². The molecule has 0 amide bonds. The highest BCUT2D eigenvalue weighted by Gasteiger charge is 2.17. The van der Waals surface area contributed by atoms with Gasteiger partial charge in [-0.25, -0.2) is 0 Å². The van der Waals surface area contributed by atoms with Gasteiger partial charge in [-0.1, -0.05) is 17.7 Å². The van der Waals surface area contributed by atoms with Gasteiger partial charge in [0, 0.05) is 37.0 Å². The molecule has 22 heavy (non-hydrogen) atoms. The molecular weight excluding hydrogens is 304 g/mol. The maximum Gasteiger partial charge on any atom is 0.288 e. The molecule has 1 unspecified atom stereocenters.